The quantitative estimate of drug-likeness (QED) is 0.570. The predicted octanol–water partition coefficient (Wildman–Crippen LogP) is 4.46. The predicted molar refractivity (Wildman–Crippen MR) is 122 cm³/mol. The fourth-order valence-electron chi connectivity index (χ4n) is 3.70. The molecule has 168 valence electrons. The molecule has 1 aromatic heterocycles. The molecule has 5 nitrogen and oxygen atoms in total. The molecular weight excluding hydrogens is 435 g/mol. The maximum atomic E-state index is 12.9. The number of alkyl halides is 3. The van der Waals surface area contributed by atoms with Gasteiger partial charge in [-0.15, -0.1) is 0 Å². The number of piperazine rings is 1. The summed E-state index contributed by atoms with van der Waals surface area (Å²) >= 11 is 5.56. The Kier molecular flexibility index (Phi) is 6.76. The number of aromatic nitrogens is 2. The van der Waals surface area contributed by atoms with Crippen molar-refractivity contribution in [2.24, 2.45) is 0 Å². The van der Waals surface area contributed by atoms with Gasteiger partial charge in [0.15, 0.2) is 5.11 Å². The highest BCUT2D eigenvalue weighted by atomic mass is 32.1. The van der Waals surface area contributed by atoms with E-state index in [0.717, 1.165) is 24.8 Å². The summed E-state index contributed by atoms with van der Waals surface area (Å²) in [7, 11) is 0. The van der Waals surface area contributed by atoms with Gasteiger partial charge in [0.25, 0.3) is 0 Å². The highest BCUT2D eigenvalue weighted by molar-refractivity contribution is 7.80. The van der Waals surface area contributed by atoms with Crippen LogP contribution < -0.4 is 5.32 Å². The lowest BCUT2D eigenvalue weighted by molar-refractivity contribution is -0.137. The van der Waals surface area contributed by atoms with E-state index in [1.54, 1.807) is 12.3 Å². The molecule has 1 fully saturated rings. The maximum absolute atomic E-state index is 12.9. The number of nitrogens with one attached hydrogen (secondary N) is 1. The number of rotatable bonds is 5. The minimum absolute atomic E-state index is 0.490. The Labute approximate surface area is 190 Å². The van der Waals surface area contributed by atoms with E-state index in [9.17, 15) is 13.2 Å². The summed E-state index contributed by atoms with van der Waals surface area (Å²) in [6.45, 7) is 4.05. The van der Waals surface area contributed by atoms with Crippen LogP contribution in [0, 0.1) is 0 Å². The van der Waals surface area contributed by atoms with Crippen LogP contribution in [0.15, 0.2) is 67.0 Å². The Balaban J connectivity index is 1.26. The van der Waals surface area contributed by atoms with Crippen LogP contribution in [0.1, 0.15) is 16.7 Å². The molecule has 1 saturated heterocycles. The standard InChI is InChI=1S/C23H24F3N5S/c24-23(25,26)20-8-4-7-19(13-20)15-29-9-11-30(12-10-29)22(32)28-21-14-27-31(17-21)16-18-5-2-1-3-6-18/h1-8,13-14,17H,9-12,15-16H2,(H,28,32). The minimum atomic E-state index is -4.32. The summed E-state index contributed by atoms with van der Waals surface area (Å²) in [5, 5.41) is 8.25. The van der Waals surface area contributed by atoms with Crippen molar-refractivity contribution >= 4 is 23.0 Å². The lowest BCUT2D eigenvalue weighted by atomic mass is 10.1. The van der Waals surface area contributed by atoms with Crippen LogP contribution in [0.4, 0.5) is 18.9 Å². The number of nitrogens with zero attached hydrogens (tertiary/aromatic N) is 4. The van der Waals surface area contributed by atoms with Crippen molar-refractivity contribution in [3.63, 3.8) is 0 Å². The molecule has 4 rings (SSSR count). The molecule has 0 spiro atoms. The van der Waals surface area contributed by atoms with E-state index in [4.69, 9.17) is 12.2 Å². The molecule has 1 aliphatic heterocycles. The van der Waals surface area contributed by atoms with Crippen LogP contribution >= 0.6 is 12.2 Å². The van der Waals surface area contributed by atoms with E-state index < -0.39 is 11.7 Å². The first-order chi connectivity index (χ1) is 15.4. The van der Waals surface area contributed by atoms with Gasteiger partial charge in [-0.1, -0.05) is 48.5 Å². The van der Waals surface area contributed by atoms with Gasteiger partial charge in [0, 0.05) is 38.9 Å². The number of thiocarbonyl (C=S) groups is 1. The van der Waals surface area contributed by atoms with E-state index in [1.807, 2.05) is 29.1 Å². The molecule has 0 amide bonds. The molecule has 32 heavy (non-hydrogen) atoms. The summed E-state index contributed by atoms with van der Waals surface area (Å²) < 4.78 is 40.6. The smallest absolute Gasteiger partial charge is 0.346 e. The third-order valence-corrected chi connectivity index (χ3v) is 5.75. The summed E-state index contributed by atoms with van der Waals surface area (Å²) in [5.41, 5.74) is 2.06. The van der Waals surface area contributed by atoms with Gasteiger partial charge in [0.2, 0.25) is 0 Å². The lowest BCUT2D eigenvalue weighted by Gasteiger charge is -2.36. The van der Waals surface area contributed by atoms with Gasteiger partial charge in [-0.05, 0) is 29.4 Å². The molecule has 0 radical (unpaired) electrons. The van der Waals surface area contributed by atoms with Crippen LogP contribution in [0.3, 0.4) is 0 Å². The topological polar surface area (TPSA) is 36.3 Å². The van der Waals surface area contributed by atoms with Crippen molar-refractivity contribution in [2.45, 2.75) is 19.3 Å². The fourth-order valence-corrected chi connectivity index (χ4v) is 4.00. The second-order valence-electron chi connectivity index (χ2n) is 7.80. The van der Waals surface area contributed by atoms with Gasteiger partial charge in [-0.3, -0.25) is 9.58 Å². The number of benzene rings is 2. The molecule has 0 saturated carbocycles. The van der Waals surface area contributed by atoms with E-state index in [-0.39, 0.29) is 0 Å². The Morgan fingerprint density at radius 3 is 2.38 bits per heavy atom. The largest absolute Gasteiger partial charge is 0.416 e. The van der Waals surface area contributed by atoms with Crippen LogP contribution in [0.5, 0.6) is 0 Å². The van der Waals surface area contributed by atoms with Crippen molar-refractivity contribution in [1.82, 2.24) is 19.6 Å². The molecule has 1 aliphatic rings. The molecule has 2 heterocycles. The molecule has 0 aliphatic carbocycles. The molecule has 0 unspecified atom stereocenters. The van der Waals surface area contributed by atoms with Gasteiger partial charge in [0.05, 0.1) is 24.0 Å². The van der Waals surface area contributed by atoms with Crippen LogP contribution in [-0.4, -0.2) is 50.9 Å². The normalized spacial score (nSPS) is 15.0. The number of halogens is 3. The van der Waals surface area contributed by atoms with Gasteiger partial charge < -0.3 is 10.2 Å². The molecule has 0 atom stereocenters. The Morgan fingerprint density at radius 1 is 0.938 bits per heavy atom. The van der Waals surface area contributed by atoms with Gasteiger partial charge in [0.1, 0.15) is 0 Å². The van der Waals surface area contributed by atoms with Crippen molar-refractivity contribution in [2.75, 3.05) is 31.5 Å². The minimum Gasteiger partial charge on any atom is -0.346 e. The average Bonchev–Trinajstić information content (AvgIpc) is 3.21. The van der Waals surface area contributed by atoms with Crippen LogP contribution in [0.2, 0.25) is 0 Å². The van der Waals surface area contributed by atoms with Gasteiger partial charge in [-0.2, -0.15) is 18.3 Å². The summed E-state index contributed by atoms with van der Waals surface area (Å²) in [4.78, 5) is 4.22. The van der Waals surface area contributed by atoms with Crippen LogP contribution in [-0.2, 0) is 19.3 Å². The average molecular weight is 460 g/mol. The molecule has 3 aromatic rings. The van der Waals surface area contributed by atoms with Gasteiger partial charge in [-0.25, -0.2) is 0 Å². The Hall–Kier alpha value is -2.91. The summed E-state index contributed by atoms with van der Waals surface area (Å²) in [6.07, 6.45) is -0.649. The van der Waals surface area contributed by atoms with E-state index in [0.29, 0.717) is 36.9 Å². The second kappa shape index (κ2) is 9.70. The van der Waals surface area contributed by atoms with Crippen LogP contribution in [0.25, 0.3) is 0 Å². The fraction of sp³-hybridized carbons (Fsp3) is 0.304. The van der Waals surface area contributed by atoms with Crippen molar-refractivity contribution in [3.05, 3.63) is 83.7 Å². The second-order valence-corrected chi connectivity index (χ2v) is 8.19. The molecule has 1 N–H and O–H groups in total. The summed E-state index contributed by atoms with van der Waals surface area (Å²) in [6, 6.07) is 15.6. The zero-order valence-electron chi connectivity index (χ0n) is 17.4. The van der Waals surface area contributed by atoms with E-state index in [2.05, 4.69) is 32.3 Å². The molecule has 9 heteroatoms. The zero-order valence-corrected chi connectivity index (χ0v) is 18.2. The third-order valence-electron chi connectivity index (χ3n) is 5.39. The highest BCUT2D eigenvalue weighted by Crippen LogP contribution is 2.29. The van der Waals surface area contributed by atoms with Gasteiger partial charge >= 0.3 is 6.18 Å². The van der Waals surface area contributed by atoms with Crippen molar-refractivity contribution < 1.29 is 13.2 Å². The van der Waals surface area contributed by atoms with E-state index >= 15 is 0 Å². The molecule has 2 aromatic carbocycles. The molecular formula is C23H24F3N5S. The first-order valence-electron chi connectivity index (χ1n) is 10.4. The van der Waals surface area contributed by atoms with E-state index in [1.165, 1.54) is 17.7 Å². The summed E-state index contributed by atoms with van der Waals surface area (Å²) in [5.74, 6) is 0. The SMILES string of the molecule is FC(F)(F)c1cccc(CN2CCN(C(=S)Nc3cnn(Cc4ccccc4)c3)CC2)c1. The maximum Gasteiger partial charge on any atom is 0.416 e. The number of hydrogen-bond acceptors (Lipinski definition) is 3. The number of anilines is 1. The highest BCUT2D eigenvalue weighted by Gasteiger charge is 2.30. The third kappa shape index (κ3) is 5.86. The Bertz CT molecular complexity index is 1040. The first-order valence-corrected chi connectivity index (χ1v) is 10.8. The number of hydrogen-bond donors (Lipinski definition) is 1. The zero-order chi connectivity index (χ0) is 22.6. The Morgan fingerprint density at radius 2 is 1.66 bits per heavy atom. The molecule has 0 bridgehead atoms. The monoisotopic (exact) mass is 459 g/mol. The lowest BCUT2D eigenvalue weighted by Crippen LogP contribution is -2.49. The van der Waals surface area contributed by atoms with Crippen molar-refractivity contribution in [1.29, 1.82) is 0 Å². The van der Waals surface area contributed by atoms with Crippen molar-refractivity contribution in [3.8, 4) is 0 Å². The first kappa shape index (κ1) is 22.3.